The number of nitrogens with one attached hydrogen (secondary N) is 1. The molecule has 0 radical (unpaired) electrons. The first kappa shape index (κ1) is 11.8. The Balaban J connectivity index is 1.62. The van der Waals surface area contributed by atoms with Gasteiger partial charge in [-0.2, -0.15) is 4.39 Å². The zero-order valence-corrected chi connectivity index (χ0v) is 10.2. The zero-order chi connectivity index (χ0) is 13.2. The maximum absolute atomic E-state index is 12.7. The van der Waals surface area contributed by atoms with Gasteiger partial charge >= 0.3 is 0 Å². The monoisotopic (exact) mass is 256 g/mol. The highest BCUT2D eigenvalue weighted by Crippen LogP contribution is 2.40. The van der Waals surface area contributed by atoms with Gasteiger partial charge in [0.1, 0.15) is 0 Å². The molecule has 2 unspecified atom stereocenters. The lowest BCUT2D eigenvalue weighted by Gasteiger charge is -2.04. The van der Waals surface area contributed by atoms with E-state index in [-0.39, 0.29) is 11.9 Å². The van der Waals surface area contributed by atoms with Crippen molar-refractivity contribution in [2.45, 2.75) is 18.4 Å². The first-order valence-corrected chi connectivity index (χ1v) is 6.21. The number of amides is 1. The van der Waals surface area contributed by atoms with Crippen LogP contribution in [-0.2, 0) is 0 Å². The number of carbonyl (C=O) groups is 1. The van der Waals surface area contributed by atoms with E-state index < -0.39 is 5.95 Å². The summed E-state index contributed by atoms with van der Waals surface area (Å²) in [4.78, 5) is 15.4. The molecule has 2 aromatic rings. The van der Waals surface area contributed by atoms with Crippen LogP contribution in [0.4, 0.5) is 4.39 Å². The van der Waals surface area contributed by atoms with Gasteiger partial charge < -0.3 is 5.32 Å². The van der Waals surface area contributed by atoms with Crippen LogP contribution in [0.2, 0.25) is 0 Å². The molecular weight excluding hydrogens is 243 g/mol. The average Bonchev–Trinajstić information content (AvgIpc) is 3.20. The predicted octanol–water partition coefficient (Wildman–Crippen LogP) is 2.51. The molecule has 1 aromatic heterocycles. The number of halogens is 1. The van der Waals surface area contributed by atoms with Crippen LogP contribution in [0.5, 0.6) is 0 Å². The fraction of sp³-hybridized carbons (Fsp3) is 0.200. The van der Waals surface area contributed by atoms with E-state index in [4.69, 9.17) is 0 Å². The van der Waals surface area contributed by atoms with Gasteiger partial charge in [-0.15, -0.1) is 0 Å². The lowest BCUT2D eigenvalue weighted by molar-refractivity contribution is 0.0950. The van der Waals surface area contributed by atoms with Crippen molar-refractivity contribution in [2.75, 3.05) is 0 Å². The smallest absolute Gasteiger partial charge is 0.253 e. The van der Waals surface area contributed by atoms with Crippen molar-refractivity contribution in [2.24, 2.45) is 0 Å². The second kappa shape index (κ2) is 4.80. The van der Waals surface area contributed by atoms with Crippen LogP contribution in [0.3, 0.4) is 0 Å². The van der Waals surface area contributed by atoms with E-state index in [0.717, 1.165) is 6.42 Å². The Labute approximate surface area is 110 Å². The summed E-state index contributed by atoms with van der Waals surface area (Å²) in [5, 5.41) is 2.94. The summed E-state index contributed by atoms with van der Waals surface area (Å²) in [5.74, 6) is -0.389. The van der Waals surface area contributed by atoms with Crippen LogP contribution in [0, 0.1) is 5.95 Å². The van der Waals surface area contributed by atoms with E-state index in [1.54, 1.807) is 0 Å². The van der Waals surface area contributed by atoms with Gasteiger partial charge in [-0.25, -0.2) is 4.98 Å². The molecule has 0 bridgehead atoms. The predicted molar refractivity (Wildman–Crippen MR) is 69.2 cm³/mol. The lowest BCUT2D eigenvalue weighted by atomic mass is 10.1. The Morgan fingerprint density at radius 1 is 1.21 bits per heavy atom. The average molecular weight is 256 g/mol. The first-order chi connectivity index (χ1) is 9.24. The van der Waals surface area contributed by atoms with Crippen molar-refractivity contribution in [3.8, 4) is 0 Å². The van der Waals surface area contributed by atoms with E-state index in [9.17, 15) is 9.18 Å². The summed E-state index contributed by atoms with van der Waals surface area (Å²) in [6.07, 6.45) is 2.20. The van der Waals surface area contributed by atoms with Gasteiger partial charge in [0.05, 0.1) is 5.56 Å². The minimum atomic E-state index is -0.579. The zero-order valence-electron chi connectivity index (χ0n) is 10.2. The second-order valence-corrected chi connectivity index (χ2v) is 4.70. The topological polar surface area (TPSA) is 42.0 Å². The Bertz CT molecular complexity index is 583. The molecule has 0 saturated heterocycles. The highest BCUT2D eigenvalue weighted by molar-refractivity contribution is 5.94. The fourth-order valence-electron chi connectivity index (χ4n) is 2.19. The standard InChI is InChI=1S/C15H13FN2O/c16-14-7-6-11(9-17-14)15(19)18-13-8-12(13)10-4-2-1-3-5-10/h1-7,9,12-13H,8H2,(H,18,19). The van der Waals surface area contributed by atoms with Crippen molar-refractivity contribution in [3.05, 3.63) is 65.7 Å². The van der Waals surface area contributed by atoms with Gasteiger partial charge in [-0.05, 0) is 24.1 Å². The van der Waals surface area contributed by atoms with Crippen molar-refractivity contribution in [1.29, 1.82) is 0 Å². The molecule has 1 fully saturated rings. The lowest BCUT2D eigenvalue weighted by Crippen LogP contribution is -2.26. The van der Waals surface area contributed by atoms with Crippen molar-refractivity contribution < 1.29 is 9.18 Å². The molecule has 3 rings (SSSR count). The normalized spacial score (nSPS) is 20.9. The number of carbonyl (C=O) groups excluding carboxylic acids is 1. The van der Waals surface area contributed by atoms with Crippen molar-refractivity contribution in [3.63, 3.8) is 0 Å². The highest BCUT2D eigenvalue weighted by Gasteiger charge is 2.39. The fourth-order valence-corrected chi connectivity index (χ4v) is 2.19. The molecule has 1 saturated carbocycles. The Morgan fingerprint density at radius 3 is 2.68 bits per heavy atom. The van der Waals surface area contributed by atoms with E-state index in [2.05, 4.69) is 22.4 Å². The van der Waals surface area contributed by atoms with Gasteiger partial charge in [-0.1, -0.05) is 30.3 Å². The van der Waals surface area contributed by atoms with E-state index in [1.807, 2.05) is 18.2 Å². The Morgan fingerprint density at radius 2 is 2.00 bits per heavy atom. The highest BCUT2D eigenvalue weighted by atomic mass is 19.1. The van der Waals surface area contributed by atoms with Gasteiger partial charge in [0.15, 0.2) is 0 Å². The number of hydrogen-bond donors (Lipinski definition) is 1. The molecule has 19 heavy (non-hydrogen) atoms. The molecule has 1 N–H and O–H groups in total. The van der Waals surface area contributed by atoms with Gasteiger partial charge in [-0.3, -0.25) is 4.79 Å². The number of hydrogen-bond acceptors (Lipinski definition) is 2. The summed E-state index contributed by atoms with van der Waals surface area (Å²) in [6.45, 7) is 0. The third-order valence-electron chi connectivity index (χ3n) is 3.32. The Hall–Kier alpha value is -2.23. The summed E-state index contributed by atoms with van der Waals surface area (Å²) in [6, 6.07) is 12.9. The maximum Gasteiger partial charge on any atom is 0.253 e. The van der Waals surface area contributed by atoms with Crippen LogP contribution in [0.25, 0.3) is 0 Å². The van der Waals surface area contributed by atoms with Crippen molar-refractivity contribution >= 4 is 5.91 Å². The summed E-state index contributed by atoms with van der Waals surface area (Å²) >= 11 is 0. The first-order valence-electron chi connectivity index (χ1n) is 6.21. The molecule has 2 atom stereocenters. The minimum Gasteiger partial charge on any atom is -0.349 e. The molecule has 1 aliphatic rings. The number of benzene rings is 1. The largest absolute Gasteiger partial charge is 0.349 e. The van der Waals surface area contributed by atoms with Crippen LogP contribution in [-0.4, -0.2) is 16.9 Å². The molecule has 1 aliphatic carbocycles. The molecular formula is C15H13FN2O. The third kappa shape index (κ3) is 2.62. The van der Waals surface area contributed by atoms with Crippen LogP contribution < -0.4 is 5.32 Å². The van der Waals surface area contributed by atoms with Gasteiger partial charge in [0.2, 0.25) is 5.95 Å². The van der Waals surface area contributed by atoms with E-state index in [1.165, 1.54) is 23.9 Å². The molecule has 1 aromatic carbocycles. The molecule has 0 spiro atoms. The molecule has 1 heterocycles. The van der Waals surface area contributed by atoms with Crippen LogP contribution in [0.1, 0.15) is 28.3 Å². The van der Waals surface area contributed by atoms with Gasteiger partial charge in [0, 0.05) is 18.2 Å². The van der Waals surface area contributed by atoms with Crippen molar-refractivity contribution in [1.82, 2.24) is 10.3 Å². The SMILES string of the molecule is O=C(NC1CC1c1ccccc1)c1ccc(F)nc1. The number of nitrogens with zero attached hydrogens (tertiary/aromatic N) is 1. The summed E-state index contributed by atoms with van der Waals surface area (Å²) in [5.41, 5.74) is 1.63. The summed E-state index contributed by atoms with van der Waals surface area (Å²) in [7, 11) is 0. The van der Waals surface area contributed by atoms with Crippen LogP contribution in [0.15, 0.2) is 48.7 Å². The number of aromatic nitrogens is 1. The van der Waals surface area contributed by atoms with Gasteiger partial charge in [0.25, 0.3) is 5.91 Å². The molecule has 96 valence electrons. The second-order valence-electron chi connectivity index (χ2n) is 4.70. The molecule has 1 amide bonds. The van der Waals surface area contributed by atoms with E-state index >= 15 is 0 Å². The number of pyridine rings is 1. The Kier molecular flexibility index (Phi) is 2.99. The van der Waals surface area contributed by atoms with Crippen LogP contribution >= 0.6 is 0 Å². The maximum atomic E-state index is 12.7. The quantitative estimate of drug-likeness (QED) is 0.857. The summed E-state index contributed by atoms with van der Waals surface area (Å²) < 4.78 is 12.7. The molecule has 0 aliphatic heterocycles. The number of rotatable bonds is 3. The van der Waals surface area contributed by atoms with E-state index in [0.29, 0.717) is 11.5 Å². The molecule has 4 heteroatoms. The minimum absolute atomic E-state index is 0.167. The molecule has 3 nitrogen and oxygen atoms in total. The third-order valence-corrected chi connectivity index (χ3v) is 3.32.